The molecule has 5 nitrogen and oxygen atoms in total. The Kier molecular flexibility index (Phi) is 4.04. The molecule has 0 saturated heterocycles. The summed E-state index contributed by atoms with van der Waals surface area (Å²) in [6.07, 6.45) is 2.09. The van der Waals surface area contributed by atoms with Crippen molar-refractivity contribution in [2.75, 3.05) is 0 Å². The maximum Gasteiger partial charge on any atom is 0.335 e. The summed E-state index contributed by atoms with van der Waals surface area (Å²) >= 11 is 8.37. The first-order valence-electron chi connectivity index (χ1n) is 7.72. The van der Waals surface area contributed by atoms with E-state index >= 15 is 0 Å². The van der Waals surface area contributed by atoms with Crippen LogP contribution in [0.5, 0.6) is 0 Å². The summed E-state index contributed by atoms with van der Waals surface area (Å²) < 4.78 is 1.90. The SMILES string of the molecule is O=C(O)c1ccc2c(I)nn(C(=O)c3c(Cl)cccc3C3CC3)c2c1. The molecule has 0 atom stereocenters. The molecule has 7 heteroatoms. The molecule has 0 aliphatic heterocycles. The maximum atomic E-state index is 13.2. The Labute approximate surface area is 161 Å². The van der Waals surface area contributed by atoms with Crippen molar-refractivity contribution >= 4 is 57.0 Å². The number of rotatable bonds is 3. The lowest BCUT2D eigenvalue weighted by atomic mass is 10.0. The van der Waals surface area contributed by atoms with Crippen LogP contribution in [0.1, 0.15) is 45.0 Å². The highest BCUT2D eigenvalue weighted by Crippen LogP contribution is 2.43. The normalized spacial score (nSPS) is 14.0. The smallest absolute Gasteiger partial charge is 0.335 e. The summed E-state index contributed by atoms with van der Waals surface area (Å²) in [5, 5.41) is 14.7. The lowest BCUT2D eigenvalue weighted by Crippen LogP contribution is -2.16. The Hall–Kier alpha value is -1.93. The lowest BCUT2D eigenvalue weighted by Gasteiger charge is -2.10. The average molecular weight is 467 g/mol. The average Bonchev–Trinajstić information content (AvgIpc) is 3.38. The molecule has 4 rings (SSSR count). The van der Waals surface area contributed by atoms with Crippen LogP contribution < -0.4 is 0 Å². The number of nitrogens with zero attached hydrogens (tertiary/aromatic N) is 2. The molecule has 25 heavy (non-hydrogen) atoms. The molecule has 0 unspecified atom stereocenters. The number of aromatic carboxylic acids is 1. The monoisotopic (exact) mass is 466 g/mol. The van der Waals surface area contributed by atoms with Gasteiger partial charge >= 0.3 is 5.97 Å². The van der Waals surface area contributed by atoms with Gasteiger partial charge in [-0.25, -0.2) is 4.79 Å². The van der Waals surface area contributed by atoms with Crippen LogP contribution in [0.25, 0.3) is 10.9 Å². The number of benzene rings is 2. The van der Waals surface area contributed by atoms with Crippen molar-refractivity contribution in [1.29, 1.82) is 0 Å². The summed E-state index contributed by atoms with van der Waals surface area (Å²) in [6.45, 7) is 0. The van der Waals surface area contributed by atoms with Crippen molar-refractivity contribution in [3.63, 3.8) is 0 Å². The molecule has 1 saturated carbocycles. The topological polar surface area (TPSA) is 72.2 Å². The Morgan fingerprint density at radius 3 is 2.68 bits per heavy atom. The fourth-order valence-electron chi connectivity index (χ4n) is 2.97. The molecule has 1 N–H and O–H groups in total. The standard InChI is InChI=1S/C18H12ClIN2O3/c19-13-3-1-2-11(9-4-5-9)15(13)17(23)22-14-8-10(18(24)25)6-7-12(14)16(20)21-22/h1-3,6-9H,4-5H2,(H,24,25). The number of fused-ring (bicyclic) bond motifs is 1. The summed E-state index contributed by atoms with van der Waals surface area (Å²) in [5.74, 6) is -1.02. The molecule has 0 spiro atoms. The molecule has 1 fully saturated rings. The first-order valence-corrected chi connectivity index (χ1v) is 9.17. The van der Waals surface area contributed by atoms with Gasteiger partial charge in [-0.05, 0) is 71.2 Å². The molecular formula is C18H12ClIN2O3. The van der Waals surface area contributed by atoms with Crippen molar-refractivity contribution < 1.29 is 14.7 Å². The van der Waals surface area contributed by atoms with Crippen LogP contribution in [0.15, 0.2) is 36.4 Å². The van der Waals surface area contributed by atoms with E-state index in [2.05, 4.69) is 5.10 Å². The van der Waals surface area contributed by atoms with E-state index in [9.17, 15) is 14.7 Å². The molecule has 1 aliphatic carbocycles. The van der Waals surface area contributed by atoms with E-state index in [-0.39, 0.29) is 11.5 Å². The minimum atomic E-state index is -1.05. The number of carbonyl (C=O) groups excluding carboxylic acids is 1. The van der Waals surface area contributed by atoms with Crippen LogP contribution in [0.2, 0.25) is 5.02 Å². The summed E-state index contributed by atoms with van der Waals surface area (Å²) in [4.78, 5) is 24.5. The third-order valence-corrected chi connectivity index (χ3v) is 5.46. The van der Waals surface area contributed by atoms with Gasteiger partial charge in [0.05, 0.1) is 21.7 Å². The Bertz CT molecular complexity index is 1040. The Balaban J connectivity index is 1.92. The Morgan fingerprint density at radius 1 is 1.24 bits per heavy atom. The highest BCUT2D eigenvalue weighted by atomic mass is 127. The molecule has 1 aromatic heterocycles. The number of carbonyl (C=O) groups is 2. The first-order chi connectivity index (χ1) is 12.0. The van der Waals surface area contributed by atoms with Crippen LogP contribution in [0.4, 0.5) is 0 Å². The van der Waals surface area contributed by atoms with Gasteiger partial charge in [-0.3, -0.25) is 4.79 Å². The van der Waals surface area contributed by atoms with Gasteiger partial charge < -0.3 is 5.11 Å². The van der Waals surface area contributed by atoms with Crippen LogP contribution in [0, 0.1) is 3.70 Å². The van der Waals surface area contributed by atoms with Gasteiger partial charge in [0.25, 0.3) is 5.91 Å². The number of halogens is 2. The van der Waals surface area contributed by atoms with Gasteiger partial charge in [0.15, 0.2) is 0 Å². The van der Waals surface area contributed by atoms with Gasteiger partial charge in [-0.1, -0.05) is 23.7 Å². The second-order valence-electron chi connectivity index (χ2n) is 6.02. The van der Waals surface area contributed by atoms with E-state index in [1.54, 1.807) is 12.1 Å². The third-order valence-electron chi connectivity index (χ3n) is 4.35. The predicted molar refractivity (Wildman–Crippen MR) is 103 cm³/mol. The summed E-state index contributed by atoms with van der Waals surface area (Å²) in [6, 6.07) is 10.1. The fourth-order valence-corrected chi connectivity index (χ4v) is 3.91. The van der Waals surface area contributed by atoms with Crippen molar-refractivity contribution in [3.8, 4) is 0 Å². The van der Waals surface area contributed by atoms with Crippen molar-refractivity contribution in [3.05, 3.63) is 61.8 Å². The molecule has 1 heterocycles. The van der Waals surface area contributed by atoms with E-state index in [1.165, 1.54) is 16.8 Å². The van der Waals surface area contributed by atoms with Crippen molar-refractivity contribution in [2.45, 2.75) is 18.8 Å². The third kappa shape index (κ3) is 2.83. The van der Waals surface area contributed by atoms with Gasteiger partial charge in [0, 0.05) is 5.39 Å². The number of carboxylic acid groups (broad SMARTS) is 1. The molecule has 3 aromatic rings. The predicted octanol–water partition coefficient (Wildman–Crippen LogP) is 4.56. The second kappa shape index (κ2) is 6.10. The molecule has 126 valence electrons. The first kappa shape index (κ1) is 16.5. The maximum absolute atomic E-state index is 13.2. The quantitative estimate of drug-likeness (QED) is 0.575. The molecule has 0 radical (unpaired) electrons. The Morgan fingerprint density at radius 2 is 2.00 bits per heavy atom. The fraction of sp³-hybridized carbons (Fsp3) is 0.167. The van der Waals surface area contributed by atoms with E-state index in [0.29, 0.717) is 25.7 Å². The zero-order chi connectivity index (χ0) is 17.7. The minimum absolute atomic E-state index is 0.111. The highest BCUT2D eigenvalue weighted by Gasteiger charge is 2.30. The van der Waals surface area contributed by atoms with Crippen LogP contribution in [-0.2, 0) is 0 Å². The molecular weight excluding hydrogens is 455 g/mol. The summed E-state index contributed by atoms with van der Waals surface area (Å²) in [5.41, 5.74) is 1.97. The van der Waals surface area contributed by atoms with Crippen LogP contribution >= 0.6 is 34.2 Å². The molecule has 1 aliphatic rings. The van der Waals surface area contributed by atoms with Crippen molar-refractivity contribution in [1.82, 2.24) is 9.78 Å². The van der Waals surface area contributed by atoms with Crippen molar-refractivity contribution in [2.24, 2.45) is 0 Å². The van der Waals surface area contributed by atoms with E-state index in [0.717, 1.165) is 23.8 Å². The number of hydrogen-bond donors (Lipinski definition) is 1. The molecule has 0 bridgehead atoms. The number of aromatic nitrogens is 2. The van der Waals surface area contributed by atoms with Gasteiger partial charge in [-0.15, -0.1) is 0 Å². The zero-order valence-corrected chi connectivity index (χ0v) is 15.8. The summed E-state index contributed by atoms with van der Waals surface area (Å²) in [7, 11) is 0. The number of hydrogen-bond acceptors (Lipinski definition) is 3. The van der Waals surface area contributed by atoms with Crippen LogP contribution in [0.3, 0.4) is 0 Å². The van der Waals surface area contributed by atoms with Crippen LogP contribution in [-0.4, -0.2) is 26.8 Å². The van der Waals surface area contributed by atoms with E-state index < -0.39 is 5.97 Å². The number of carboxylic acids is 1. The zero-order valence-electron chi connectivity index (χ0n) is 12.9. The van der Waals surface area contributed by atoms with Gasteiger partial charge in [-0.2, -0.15) is 9.78 Å². The van der Waals surface area contributed by atoms with E-state index in [4.69, 9.17) is 11.6 Å². The molecule has 0 amide bonds. The van der Waals surface area contributed by atoms with Gasteiger partial charge in [0.1, 0.15) is 3.70 Å². The molecule has 2 aromatic carbocycles. The van der Waals surface area contributed by atoms with Gasteiger partial charge in [0.2, 0.25) is 0 Å². The lowest BCUT2D eigenvalue weighted by molar-refractivity contribution is 0.0696. The second-order valence-corrected chi connectivity index (χ2v) is 7.45. The highest BCUT2D eigenvalue weighted by molar-refractivity contribution is 14.1. The van der Waals surface area contributed by atoms with E-state index in [1.807, 2.05) is 34.7 Å². The largest absolute Gasteiger partial charge is 0.478 e. The minimum Gasteiger partial charge on any atom is -0.478 e.